The summed E-state index contributed by atoms with van der Waals surface area (Å²) in [7, 11) is 1.69. The molecule has 148 valence electrons. The Morgan fingerprint density at radius 3 is 2.75 bits per heavy atom. The fourth-order valence-corrected chi connectivity index (χ4v) is 3.85. The average molecular weight is 380 g/mol. The first-order chi connectivity index (χ1) is 13.7. The minimum absolute atomic E-state index is 0.124. The van der Waals surface area contributed by atoms with E-state index in [-0.39, 0.29) is 6.10 Å². The first-order valence-corrected chi connectivity index (χ1v) is 9.90. The molecule has 6 heteroatoms. The minimum Gasteiger partial charge on any atom is -0.367 e. The lowest BCUT2D eigenvalue weighted by atomic mass is 10.0. The molecule has 0 amide bonds. The van der Waals surface area contributed by atoms with E-state index in [0.717, 1.165) is 36.6 Å². The van der Waals surface area contributed by atoms with Gasteiger partial charge in [-0.25, -0.2) is 5.06 Å². The van der Waals surface area contributed by atoms with Crippen molar-refractivity contribution in [3.8, 4) is 0 Å². The summed E-state index contributed by atoms with van der Waals surface area (Å²) in [5, 5.41) is 1.82. The summed E-state index contributed by atoms with van der Waals surface area (Å²) in [6.07, 6.45) is 7.93. The molecule has 0 bridgehead atoms. The Morgan fingerprint density at radius 1 is 1.18 bits per heavy atom. The maximum Gasteiger partial charge on any atom is 0.139 e. The summed E-state index contributed by atoms with van der Waals surface area (Å²) < 4.78 is 6.34. The molecule has 28 heavy (non-hydrogen) atoms. The third kappa shape index (κ3) is 3.57. The monoisotopic (exact) mass is 380 g/mol. The number of rotatable bonds is 7. The molecule has 0 saturated carbocycles. The van der Waals surface area contributed by atoms with Crippen LogP contribution in [0, 0.1) is 0 Å². The van der Waals surface area contributed by atoms with Gasteiger partial charge in [0.05, 0.1) is 31.8 Å². The quantitative estimate of drug-likeness (QED) is 0.724. The highest BCUT2D eigenvalue weighted by atomic mass is 16.7. The van der Waals surface area contributed by atoms with Gasteiger partial charge < -0.3 is 14.5 Å². The van der Waals surface area contributed by atoms with Gasteiger partial charge in [0.15, 0.2) is 0 Å². The van der Waals surface area contributed by atoms with Gasteiger partial charge in [-0.2, -0.15) is 0 Å². The molecule has 1 atom stereocenters. The molecule has 0 aromatic heterocycles. The second-order valence-corrected chi connectivity index (χ2v) is 7.24. The second-order valence-electron chi connectivity index (χ2n) is 7.24. The molecule has 0 spiro atoms. The SMILES string of the molecule is CCCN1C=C(C)C(OCCc2ccccc2)C2=C1N1CN(OC)C=C1C=N2. The summed E-state index contributed by atoms with van der Waals surface area (Å²) in [6, 6.07) is 10.5. The first kappa shape index (κ1) is 18.8. The van der Waals surface area contributed by atoms with Crippen LogP contribution >= 0.6 is 0 Å². The average Bonchev–Trinajstić information content (AvgIpc) is 3.14. The van der Waals surface area contributed by atoms with E-state index in [1.807, 2.05) is 23.5 Å². The predicted octanol–water partition coefficient (Wildman–Crippen LogP) is 3.48. The number of hydroxylamine groups is 2. The topological polar surface area (TPSA) is 40.5 Å². The van der Waals surface area contributed by atoms with Crippen LogP contribution in [0.4, 0.5) is 0 Å². The summed E-state index contributed by atoms with van der Waals surface area (Å²) in [5.74, 6) is 1.10. The van der Waals surface area contributed by atoms with Crippen LogP contribution in [-0.4, -0.2) is 54.1 Å². The Bertz CT molecular complexity index is 828. The molecule has 1 unspecified atom stereocenters. The van der Waals surface area contributed by atoms with Gasteiger partial charge in [0.25, 0.3) is 0 Å². The molecule has 3 aliphatic heterocycles. The summed E-state index contributed by atoms with van der Waals surface area (Å²) >= 11 is 0. The van der Waals surface area contributed by atoms with Crippen molar-refractivity contribution < 1.29 is 9.57 Å². The van der Waals surface area contributed by atoms with Crippen molar-refractivity contribution in [3.05, 3.63) is 71.1 Å². The molecule has 1 aromatic carbocycles. The Morgan fingerprint density at radius 2 is 2.00 bits per heavy atom. The van der Waals surface area contributed by atoms with E-state index in [2.05, 4.69) is 54.1 Å². The van der Waals surface area contributed by atoms with Gasteiger partial charge in [0.2, 0.25) is 0 Å². The van der Waals surface area contributed by atoms with E-state index in [1.54, 1.807) is 7.11 Å². The maximum atomic E-state index is 6.34. The lowest BCUT2D eigenvalue weighted by Gasteiger charge is -2.40. The molecule has 0 radical (unpaired) electrons. The summed E-state index contributed by atoms with van der Waals surface area (Å²) in [5.41, 5.74) is 4.50. The smallest absolute Gasteiger partial charge is 0.139 e. The lowest BCUT2D eigenvalue weighted by molar-refractivity contribution is -0.0970. The number of ether oxygens (including phenoxy) is 1. The maximum absolute atomic E-state index is 6.34. The van der Waals surface area contributed by atoms with E-state index in [1.165, 1.54) is 11.1 Å². The largest absolute Gasteiger partial charge is 0.367 e. The first-order valence-electron chi connectivity index (χ1n) is 9.90. The van der Waals surface area contributed by atoms with Gasteiger partial charge in [-0.1, -0.05) is 37.3 Å². The van der Waals surface area contributed by atoms with Crippen LogP contribution in [0.1, 0.15) is 25.8 Å². The van der Waals surface area contributed by atoms with Crippen LogP contribution in [0.5, 0.6) is 0 Å². The molecule has 1 aromatic rings. The van der Waals surface area contributed by atoms with Crippen LogP contribution in [0.3, 0.4) is 0 Å². The number of benzene rings is 1. The molecule has 4 rings (SSSR count). The molecule has 0 aliphatic carbocycles. The van der Waals surface area contributed by atoms with Gasteiger partial charge in [-0.05, 0) is 30.9 Å². The second kappa shape index (κ2) is 8.20. The summed E-state index contributed by atoms with van der Waals surface area (Å²) in [4.78, 5) is 14.8. The molecule has 3 aliphatic rings. The van der Waals surface area contributed by atoms with Crippen molar-refractivity contribution >= 4 is 6.21 Å². The number of fused-ring (bicyclic) bond motifs is 2. The molecular weight excluding hydrogens is 352 g/mol. The number of allylic oxidation sites excluding steroid dienone is 1. The van der Waals surface area contributed by atoms with Gasteiger partial charge in [-0.15, -0.1) is 0 Å². The van der Waals surface area contributed by atoms with Crippen molar-refractivity contribution in [1.29, 1.82) is 0 Å². The fourth-order valence-electron chi connectivity index (χ4n) is 3.85. The number of hydrogen-bond donors (Lipinski definition) is 0. The van der Waals surface area contributed by atoms with Gasteiger partial charge in [0, 0.05) is 12.7 Å². The number of nitrogens with zero attached hydrogens (tertiary/aromatic N) is 4. The Labute approximate surface area is 167 Å². The van der Waals surface area contributed by atoms with E-state index >= 15 is 0 Å². The Kier molecular flexibility index (Phi) is 5.50. The highest BCUT2D eigenvalue weighted by Crippen LogP contribution is 2.36. The third-order valence-electron chi connectivity index (χ3n) is 5.20. The number of aliphatic imine (C=N–C) groups is 1. The van der Waals surface area contributed by atoms with E-state index < -0.39 is 0 Å². The van der Waals surface area contributed by atoms with Crippen molar-refractivity contribution in [1.82, 2.24) is 14.9 Å². The predicted molar refractivity (Wildman–Crippen MR) is 110 cm³/mol. The van der Waals surface area contributed by atoms with Gasteiger partial charge in [-0.3, -0.25) is 9.83 Å². The van der Waals surface area contributed by atoms with Crippen LogP contribution in [0.25, 0.3) is 0 Å². The third-order valence-corrected chi connectivity index (χ3v) is 5.20. The zero-order valence-electron chi connectivity index (χ0n) is 16.8. The summed E-state index contributed by atoms with van der Waals surface area (Å²) in [6.45, 7) is 6.58. The van der Waals surface area contributed by atoms with Gasteiger partial charge in [0.1, 0.15) is 24.3 Å². The van der Waals surface area contributed by atoms with Crippen LogP contribution in [0.15, 0.2) is 70.5 Å². The van der Waals surface area contributed by atoms with Crippen molar-refractivity contribution in [2.45, 2.75) is 32.8 Å². The van der Waals surface area contributed by atoms with Crippen LogP contribution in [0.2, 0.25) is 0 Å². The van der Waals surface area contributed by atoms with Crippen LogP contribution in [-0.2, 0) is 16.0 Å². The van der Waals surface area contributed by atoms with E-state index in [0.29, 0.717) is 13.3 Å². The van der Waals surface area contributed by atoms with Crippen LogP contribution < -0.4 is 0 Å². The number of hydrogen-bond acceptors (Lipinski definition) is 6. The lowest BCUT2D eigenvalue weighted by Crippen LogP contribution is -2.42. The van der Waals surface area contributed by atoms with Gasteiger partial charge >= 0.3 is 0 Å². The normalized spacial score (nSPS) is 21.0. The highest BCUT2D eigenvalue weighted by molar-refractivity contribution is 5.81. The van der Waals surface area contributed by atoms with Crippen molar-refractivity contribution in [2.75, 3.05) is 26.9 Å². The standard InChI is InChI=1S/C22H28N4O2/c1-4-11-24-14-17(2)21(28-12-10-18-8-6-5-7-9-18)20-22(24)26-16-25(27-3)15-19(26)13-23-20/h5-9,13-15,21H,4,10-12,16H2,1-3H3. The minimum atomic E-state index is -0.124. The Balaban J connectivity index is 1.56. The molecule has 0 saturated heterocycles. The fraction of sp³-hybridized carbons (Fsp3) is 0.409. The van der Waals surface area contributed by atoms with E-state index in [9.17, 15) is 0 Å². The van der Waals surface area contributed by atoms with Crippen molar-refractivity contribution in [3.63, 3.8) is 0 Å². The van der Waals surface area contributed by atoms with E-state index in [4.69, 9.17) is 14.6 Å². The molecule has 3 heterocycles. The zero-order chi connectivity index (χ0) is 19.5. The molecular formula is C22H28N4O2. The molecule has 0 fully saturated rings. The zero-order valence-corrected chi connectivity index (χ0v) is 16.8. The molecule has 0 N–H and O–H groups in total. The molecule has 6 nitrogen and oxygen atoms in total. The van der Waals surface area contributed by atoms with Crippen molar-refractivity contribution in [2.24, 2.45) is 4.99 Å². The Hall–Kier alpha value is -2.57. The highest BCUT2D eigenvalue weighted by Gasteiger charge is 2.37.